The van der Waals surface area contributed by atoms with E-state index in [1.165, 1.54) is 30.2 Å². The standard InChI is InChI=1S/C11H12N2O2S2/c1-7(8-3-4-16-6-8)13-11-12-5-9(17-11)10(14)15-2/h3-7H,1-2H3,(H,12,13). The first-order chi connectivity index (χ1) is 8.20. The Labute approximate surface area is 107 Å². The molecule has 1 atom stereocenters. The molecule has 0 spiro atoms. The van der Waals surface area contributed by atoms with Crippen molar-refractivity contribution in [1.82, 2.24) is 4.98 Å². The summed E-state index contributed by atoms with van der Waals surface area (Å²) in [5.41, 5.74) is 1.21. The fourth-order valence-electron chi connectivity index (χ4n) is 1.33. The Morgan fingerprint density at radius 2 is 2.41 bits per heavy atom. The van der Waals surface area contributed by atoms with Gasteiger partial charge in [-0.25, -0.2) is 9.78 Å². The second-order valence-electron chi connectivity index (χ2n) is 3.44. The zero-order valence-electron chi connectivity index (χ0n) is 9.47. The molecule has 1 N–H and O–H groups in total. The Bertz CT molecular complexity index is 493. The highest BCUT2D eigenvalue weighted by atomic mass is 32.1. The Balaban J connectivity index is 2.04. The zero-order chi connectivity index (χ0) is 12.3. The molecule has 0 amide bonds. The Morgan fingerprint density at radius 1 is 1.59 bits per heavy atom. The predicted octanol–water partition coefficient (Wildman–Crippen LogP) is 3.16. The van der Waals surface area contributed by atoms with Gasteiger partial charge in [-0.15, -0.1) is 0 Å². The van der Waals surface area contributed by atoms with Crippen LogP contribution in [0.15, 0.2) is 23.0 Å². The number of rotatable bonds is 4. The van der Waals surface area contributed by atoms with E-state index < -0.39 is 0 Å². The highest BCUT2D eigenvalue weighted by Crippen LogP contribution is 2.25. The summed E-state index contributed by atoms with van der Waals surface area (Å²) in [5.74, 6) is -0.348. The SMILES string of the molecule is COC(=O)c1cnc(NC(C)c2ccsc2)s1. The largest absolute Gasteiger partial charge is 0.465 e. The second-order valence-corrected chi connectivity index (χ2v) is 5.25. The third-order valence-corrected chi connectivity index (χ3v) is 3.89. The number of anilines is 1. The van der Waals surface area contributed by atoms with E-state index in [2.05, 4.69) is 33.4 Å². The number of carbonyl (C=O) groups is 1. The van der Waals surface area contributed by atoms with Crippen molar-refractivity contribution in [3.05, 3.63) is 33.5 Å². The molecule has 0 saturated heterocycles. The van der Waals surface area contributed by atoms with Crippen LogP contribution >= 0.6 is 22.7 Å². The third-order valence-electron chi connectivity index (χ3n) is 2.28. The molecule has 0 aliphatic heterocycles. The Hall–Kier alpha value is -1.40. The molecular weight excluding hydrogens is 256 g/mol. The fourth-order valence-corrected chi connectivity index (χ4v) is 2.90. The van der Waals surface area contributed by atoms with Crippen molar-refractivity contribution in [3.63, 3.8) is 0 Å². The molecule has 2 aromatic heterocycles. The van der Waals surface area contributed by atoms with E-state index in [1.807, 2.05) is 5.38 Å². The molecule has 0 fully saturated rings. The highest BCUT2D eigenvalue weighted by molar-refractivity contribution is 7.17. The van der Waals surface area contributed by atoms with E-state index in [0.717, 1.165) is 5.13 Å². The van der Waals surface area contributed by atoms with Gasteiger partial charge in [-0.3, -0.25) is 0 Å². The van der Waals surface area contributed by atoms with Gasteiger partial charge in [-0.05, 0) is 29.3 Å². The quantitative estimate of drug-likeness (QED) is 0.865. The smallest absolute Gasteiger partial charge is 0.349 e. The highest BCUT2D eigenvalue weighted by Gasteiger charge is 2.12. The van der Waals surface area contributed by atoms with Crippen molar-refractivity contribution < 1.29 is 9.53 Å². The molecule has 0 aromatic carbocycles. The number of methoxy groups -OCH3 is 1. The van der Waals surface area contributed by atoms with Crippen molar-refractivity contribution in [2.45, 2.75) is 13.0 Å². The van der Waals surface area contributed by atoms with Gasteiger partial charge in [0.2, 0.25) is 0 Å². The molecule has 17 heavy (non-hydrogen) atoms. The van der Waals surface area contributed by atoms with Gasteiger partial charge < -0.3 is 10.1 Å². The summed E-state index contributed by atoms with van der Waals surface area (Å²) in [6, 6.07) is 2.25. The van der Waals surface area contributed by atoms with Crippen LogP contribution in [0, 0.1) is 0 Å². The molecular formula is C11H12N2O2S2. The lowest BCUT2D eigenvalue weighted by atomic mass is 10.2. The van der Waals surface area contributed by atoms with Crippen LogP contribution < -0.4 is 5.32 Å². The van der Waals surface area contributed by atoms with E-state index in [1.54, 1.807) is 11.3 Å². The third kappa shape index (κ3) is 2.83. The minimum absolute atomic E-state index is 0.179. The Kier molecular flexibility index (Phi) is 3.75. The average molecular weight is 268 g/mol. The molecule has 0 saturated carbocycles. The summed E-state index contributed by atoms with van der Waals surface area (Å²) >= 11 is 2.96. The van der Waals surface area contributed by atoms with Crippen LogP contribution in [0.3, 0.4) is 0 Å². The van der Waals surface area contributed by atoms with E-state index in [4.69, 9.17) is 0 Å². The molecule has 4 nitrogen and oxygen atoms in total. The van der Waals surface area contributed by atoms with Crippen molar-refractivity contribution >= 4 is 33.8 Å². The van der Waals surface area contributed by atoms with Gasteiger partial charge >= 0.3 is 5.97 Å². The topological polar surface area (TPSA) is 51.2 Å². The van der Waals surface area contributed by atoms with Crippen molar-refractivity contribution in [2.75, 3.05) is 12.4 Å². The summed E-state index contributed by atoms with van der Waals surface area (Å²) in [6.07, 6.45) is 1.53. The van der Waals surface area contributed by atoms with Crippen LogP contribution in [0.1, 0.15) is 28.2 Å². The van der Waals surface area contributed by atoms with Gasteiger partial charge in [0, 0.05) is 0 Å². The summed E-state index contributed by atoms with van der Waals surface area (Å²) in [6.45, 7) is 2.06. The summed E-state index contributed by atoms with van der Waals surface area (Å²) in [4.78, 5) is 15.9. The minimum atomic E-state index is -0.348. The molecule has 90 valence electrons. The summed E-state index contributed by atoms with van der Waals surface area (Å²) in [5, 5.41) is 8.10. The normalized spacial score (nSPS) is 12.1. The molecule has 0 radical (unpaired) electrons. The van der Waals surface area contributed by atoms with Gasteiger partial charge in [0.15, 0.2) is 5.13 Å². The average Bonchev–Trinajstić information content (AvgIpc) is 2.98. The summed E-state index contributed by atoms with van der Waals surface area (Å²) in [7, 11) is 1.36. The van der Waals surface area contributed by atoms with Crippen LogP contribution in [-0.2, 0) is 4.74 Å². The number of thiophene rings is 1. The van der Waals surface area contributed by atoms with Crippen LogP contribution in [0.4, 0.5) is 5.13 Å². The zero-order valence-corrected chi connectivity index (χ0v) is 11.1. The van der Waals surface area contributed by atoms with Gasteiger partial charge in [-0.1, -0.05) is 11.3 Å². The van der Waals surface area contributed by atoms with E-state index in [9.17, 15) is 4.79 Å². The van der Waals surface area contributed by atoms with Gasteiger partial charge in [0.1, 0.15) is 4.88 Å². The van der Waals surface area contributed by atoms with Gasteiger partial charge in [0.05, 0.1) is 19.3 Å². The first-order valence-corrected chi connectivity index (χ1v) is 6.79. The molecule has 2 rings (SSSR count). The fraction of sp³-hybridized carbons (Fsp3) is 0.273. The minimum Gasteiger partial charge on any atom is -0.465 e. The van der Waals surface area contributed by atoms with Crippen LogP contribution in [0.5, 0.6) is 0 Å². The number of ether oxygens (including phenoxy) is 1. The number of carbonyl (C=O) groups excluding carboxylic acids is 1. The van der Waals surface area contributed by atoms with Gasteiger partial charge in [-0.2, -0.15) is 11.3 Å². The molecule has 0 bridgehead atoms. The number of thiazole rings is 1. The first kappa shape index (κ1) is 12.1. The Morgan fingerprint density at radius 3 is 3.06 bits per heavy atom. The monoisotopic (exact) mass is 268 g/mol. The van der Waals surface area contributed by atoms with E-state index in [-0.39, 0.29) is 12.0 Å². The van der Waals surface area contributed by atoms with Gasteiger partial charge in [0.25, 0.3) is 0 Å². The molecule has 2 heterocycles. The lowest BCUT2D eigenvalue weighted by Crippen LogP contribution is -2.04. The number of hydrogen-bond donors (Lipinski definition) is 1. The van der Waals surface area contributed by atoms with Crippen molar-refractivity contribution in [2.24, 2.45) is 0 Å². The maximum absolute atomic E-state index is 11.3. The maximum atomic E-state index is 11.3. The van der Waals surface area contributed by atoms with Crippen LogP contribution in [-0.4, -0.2) is 18.1 Å². The number of hydrogen-bond acceptors (Lipinski definition) is 6. The number of nitrogens with one attached hydrogen (secondary N) is 1. The number of esters is 1. The van der Waals surface area contributed by atoms with Crippen LogP contribution in [0.2, 0.25) is 0 Å². The molecule has 6 heteroatoms. The molecule has 0 aliphatic rings. The lowest BCUT2D eigenvalue weighted by molar-refractivity contribution is 0.0606. The van der Waals surface area contributed by atoms with Crippen molar-refractivity contribution in [3.8, 4) is 0 Å². The number of nitrogens with zero attached hydrogens (tertiary/aromatic N) is 1. The van der Waals surface area contributed by atoms with E-state index in [0.29, 0.717) is 4.88 Å². The maximum Gasteiger partial charge on any atom is 0.349 e. The van der Waals surface area contributed by atoms with E-state index >= 15 is 0 Å². The van der Waals surface area contributed by atoms with Crippen molar-refractivity contribution in [1.29, 1.82) is 0 Å². The summed E-state index contributed by atoms with van der Waals surface area (Å²) < 4.78 is 4.63. The molecule has 1 unspecified atom stereocenters. The number of aromatic nitrogens is 1. The molecule has 0 aliphatic carbocycles. The predicted molar refractivity (Wildman–Crippen MR) is 69.8 cm³/mol. The second kappa shape index (κ2) is 5.29. The van der Waals surface area contributed by atoms with Crippen LogP contribution in [0.25, 0.3) is 0 Å². The molecule has 2 aromatic rings. The first-order valence-electron chi connectivity index (χ1n) is 5.03. The lowest BCUT2D eigenvalue weighted by Gasteiger charge is -2.10.